The van der Waals surface area contributed by atoms with Crippen molar-refractivity contribution in [2.24, 2.45) is 0 Å². The van der Waals surface area contributed by atoms with Gasteiger partial charge in [-0.3, -0.25) is 0 Å². The molecule has 0 bridgehead atoms. The number of nitrogens with one attached hydrogen (secondary N) is 1. The number of benzene rings is 1. The van der Waals surface area contributed by atoms with E-state index in [4.69, 9.17) is 30.5 Å². The van der Waals surface area contributed by atoms with Crippen LogP contribution in [0.1, 0.15) is 12.0 Å². The molecule has 2 aromatic rings. The molecule has 0 aliphatic carbocycles. The van der Waals surface area contributed by atoms with E-state index in [9.17, 15) is 0 Å². The molecule has 0 spiro atoms. The van der Waals surface area contributed by atoms with Crippen molar-refractivity contribution in [1.29, 1.82) is 0 Å². The molecule has 102 valence electrons. The molecular formula is C13H14ClNO4. The Bertz CT molecular complexity index is 579. The third-order valence-electron chi connectivity index (χ3n) is 2.95. The summed E-state index contributed by atoms with van der Waals surface area (Å²) in [7, 11) is 1.61. The fraction of sp³-hybridized carbons (Fsp3) is 0.385. The van der Waals surface area contributed by atoms with Crippen LogP contribution in [0.3, 0.4) is 0 Å². The van der Waals surface area contributed by atoms with Crippen LogP contribution in [0.15, 0.2) is 18.2 Å². The van der Waals surface area contributed by atoms with E-state index in [0.717, 1.165) is 16.6 Å². The van der Waals surface area contributed by atoms with Crippen molar-refractivity contribution in [2.75, 3.05) is 26.4 Å². The molecule has 1 N–H and O–H groups in total. The second kappa shape index (κ2) is 5.28. The first-order chi connectivity index (χ1) is 9.31. The number of fused-ring (bicyclic) bond motifs is 1. The summed E-state index contributed by atoms with van der Waals surface area (Å²) < 4.78 is 21.4. The van der Waals surface area contributed by atoms with Gasteiger partial charge in [0.2, 0.25) is 6.29 Å². The quantitative estimate of drug-likeness (QED) is 0.857. The lowest BCUT2D eigenvalue weighted by molar-refractivity contribution is -0.328. The fourth-order valence-electron chi connectivity index (χ4n) is 2.03. The van der Waals surface area contributed by atoms with Crippen LogP contribution >= 0.6 is 11.6 Å². The van der Waals surface area contributed by atoms with Gasteiger partial charge in [-0.1, -0.05) is 0 Å². The number of ether oxygens (including phenoxy) is 4. The number of hydrogen-bond donors (Lipinski definition) is 1. The van der Waals surface area contributed by atoms with Crippen LogP contribution in [0.25, 0.3) is 10.9 Å². The normalized spacial score (nSPS) is 15.5. The van der Waals surface area contributed by atoms with E-state index in [1.807, 2.05) is 18.2 Å². The summed E-state index contributed by atoms with van der Waals surface area (Å²) in [4.78, 5) is 3.24. The van der Waals surface area contributed by atoms with Gasteiger partial charge in [0.05, 0.1) is 18.7 Å². The minimum Gasteiger partial charge on any atom is -0.493 e. The number of aromatic amines is 1. The van der Waals surface area contributed by atoms with Gasteiger partial charge in [0.15, 0.2) is 18.3 Å². The molecule has 3 rings (SSSR count). The Morgan fingerprint density at radius 3 is 2.79 bits per heavy atom. The second-order valence-corrected chi connectivity index (χ2v) is 4.51. The minimum atomic E-state index is -0.300. The molecule has 6 heteroatoms. The van der Waals surface area contributed by atoms with Crippen LogP contribution in [-0.2, 0) is 9.47 Å². The Hall–Kier alpha value is -1.43. The lowest BCUT2D eigenvalue weighted by Gasteiger charge is -2.25. The summed E-state index contributed by atoms with van der Waals surface area (Å²) in [6.45, 7) is 0.781. The highest BCUT2D eigenvalue weighted by molar-refractivity contribution is 6.18. The number of methoxy groups -OCH3 is 1. The van der Waals surface area contributed by atoms with Gasteiger partial charge in [-0.15, -0.1) is 11.6 Å². The van der Waals surface area contributed by atoms with E-state index in [1.165, 1.54) is 0 Å². The predicted octanol–water partition coefficient (Wildman–Crippen LogP) is 2.80. The molecule has 0 amide bonds. The van der Waals surface area contributed by atoms with Crippen molar-refractivity contribution >= 4 is 22.5 Å². The van der Waals surface area contributed by atoms with Crippen molar-refractivity contribution in [1.82, 2.24) is 4.98 Å². The number of halogens is 1. The monoisotopic (exact) mass is 283 g/mol. The van der Waals surface area contributed by atoms with Crippen LogP contribution in [-0.4, -0.2) is 31.4 Å². The first kappa shape index (κ1) is 12.6. The zero-order valence-corrected chi connectivity index (χ0v) is 11.2. The molecule has 1 aromatic carbocycles. The van der Waals surface area contributed by atoms with Crippen molar-refractivity contribution in [3.8, 4) is 11.5 Å². The van der Waals surface area contributed by atoms with E-state index < -0.39 is 0 Å². The first-order valence-electron chi connectivity index (χ1n) is 5.94. The Labute approximate surface area is 115 Å². The van der Waals surface area contributed by atoms with Crippen LogP contribution in [0.2, 0.25) is 0 Å². The standard InChI is InChI=1S/C13H14ClNO4/c1-16-11-6-9-8(5-12(11)17-3-2-14)4-10(15-9)13-18-7-19-13/h4-6,13,15H,2-3,7H2,1H3. The lowest BCUT2D eigenvalue weighted by Crippen LogP contribution is -2.22. The highest BCUT2D eigenvalue weighted by Crippen LogP contribution is 2.35. The molecular weight excluding hydrogens is 270 g/mol. The molecule has 1 saturated heterocycles. The van der Waals surface area contributed by atoms with Crippen molar-refractivity contribution in [3.05, 3.63) is 23.9 Å². The van der Waals surface area contributed by atoms with Crippen LogP contribution in [0, 0.1) is 0 Å². The number of hydrogen-bond acceptors (Lipinski definition) is 4. The van der Waals surface area contributed by atoms with Gasteiger partial charge in [-0.05, 0) is 12.1 Å². The summed E-state index contributed by atoms with van der Waals surface area (Å²) in [6.07, 6.45) is -0.300. The lowest BCUT2D eigenvalue weighted by atomic mass is 10.2. The largest absolute Gasteiger partial charge is 0.493 e. The zero-order valence-electron chi connectivity index (χ0n) is 10.4. The highest BCUT2D eigenvalue weighted by atomic mass is 35.5. The maximum absolute atomic E-state index is 5.63. The number of aromatic nitrogens is 1. The van der Waals surface area contributed by atoms with Gasteiger partial charge in [-0.2, -0.15) is 0 Å². The Kier molecular flexibility index (Phi) is 3.50. The van der Waals surface area contributed by atoms with Crippen molar-refractivity contribution in [3.63, 3.8) is 0 Å². The summed E-state index contributed by atoms with van der Waals surface area (Å²) in [5, 5.41) is 1.01. The number of alkyl halides is 1. The summed E-state index contributed by atoms with van der Waals surface area (Å²) in [5.74, 6) is 1.78. The summed E-state index contributed by atoms with van der Waals surface area (Å²) in [5.41, 5.74) is 1.84. The van der Waals surface area contributed by atoms with Gasteiger partial charge in [0.1, 0.15) is 6.61 Å². The first-order valence-corrected chi connectivity index (χ1v) is 6.48. The molecule has 5 nitrogen and oxygen atoms in total. The van der Waals surface area contributed by atoms with E-state index in [2.05, 4.69) is 4.98 Å². The summed E-state index contributed by atoms with van der Waals surface area (Å²) in [6, 6.07) is 5.78. The number of H-pyrrole nitrogens is 1. The average molecular weight is 284 g/mol. The molecule has 0 unspecified atom stereocenters. The molecule has 19 heavy (non-hydrogen) atoms. The van der Waals surface area contributed by atoms with E-state index in [-0.39, 0.29) is 6.29 Å². The van der Waals surface area contributed by atoms with Crippen LogP contribution in [0.5, 0.6) is 11.5 Å². The molecule has 1 aliphatic rings. The molecule has 0 radical (unpaired) electrons. The van der Waals surface area contributed by atoms with Crippen LogP contribution in [0.4, 0.5) is 0 Å². The number of rotatable bonds is 5. The Morgan fingerprint density at radius 2 is 2.16 bits per heavy atom. The fourth-order valence-corrected chi connectivity index (χ4v) is 2.10. The Balaban J connectivity index is 1.96. The molecule has 1 aromatic heterocycles. The minimum absolute atomic E-state index is 0.300. The average Bonchev–Trinajstić information content (AvgIpc) is 2.74. The SMILES string of the molecule is COc1cc2[nH]c(C3OCO3)cc2cc1OCCCl. The molecule has 0 saturated carbocycles. The summed E-state index contributed by atoms with van der Waals surface area (Å²) >= 11 is 5.63. The molecule has 1 fully saturated rings. The van der Waals surface area contributed by atoms with E-state index in [0.29, 0.717) is 30.8 Å². The van der Waals surface area contributed by atoms with Gasteiger partial charge < -0.3 is 23.9 Å². The third-order valence-corrected chi connectivity index (χ3v) is 3.11. The van der Waals surface area contributed by atoms with Gasteiger partial charge >= 0.3 is 0 Å². The molecule has 1 aliphatic heterocycles. The van der Waals surface area contributed by atoms with Gasteiger partial charge in [-0.25, -0.2) is 0 Å². The molecule has 0 atom stereocenters. The van der Waals surface area contributed by atoms with Gasteiger partial charge in [0, 0.05) is 17.0 Å². The predicted molar refractivity (Wildman–Crippen MR) is 70.8 cm³/mol. The smallest absolute Gasteiger partial charge is 0.203 e. The molecule has 2 heterocycles. The topological polar surface area (TPSA) is 52.7 Å². The zero-order chi connectivity index (χ0) is 13.2. The maximum Gasteiger partial charge on any atom is 0.203 e. The van der Waals surface area contributed by atoms with Crippen LogP contribution < -0.4 is 9.47 Å². The van der Waals surface area contributed by atoms with E-state index >= 15 is 0 Å². The van der Waals surface area contributed by atoms with E-state index in [1.54, 1.807) is 7.11 Å². The van der Waals surface area contributed by atoms with Crippen molar-refractivity contribution < 1.29 is 18.9 Å². The Morgan fingerprint density at radius 1 is 1.32 bits per heavy atom. The van der Waals surface area contributed by atoms with Gasteiger partial charge in [0.25, 0.3) is 0 Å². The second-order valence-electron chi connectivity index (χ2n) is 4.14. The van der Waals surface area contributed by atoms with Crippen molar-refractivity contribution in [2.45, 2.75) is 6.29 Å². The highest BCUT2D eigenvalue weighted by Gasteiger charge is 2.23. The third kappa shape index (κ3) is 2.36. The maximum atomic E-state index is 5.63.